The van der Waals surface area contributed by atoms with Crippen molar-refractivity contribution >= 4 is 31.5 Å². The third-order valence-corrected chi connectivity index (χ3v) is 4.45. The fourth-order valence-electron chi connectivity index (χ4n) is 2.12. The average molecular weight is 349 g/mol. The molecule has 1 heterocycles. The molecule has 1 fully saturated rings. The summed E-state index contributed by atoms with van der Waals surface area (Å²) >= 11 is 0. The Bertz CT molecular complexity index is 710. The predicted octanol–water partition coefficient (Wildman–Crippen LogP) is -0.247. The van der Waals surface area contributed by atoms with Crippen LogP contribution in [0.5, 0.6) is 0 Å². The lowest BCUT2D eigenvalue weighted by Crippen LogP contribution is -2.43. The zero-order valence-corrected chi connectivity index (χ0v) is 14.0. The highest BCUT2D eigenvalue weighted by Crippen LogP contribution is 2.24. The van der Waals surface area contributed by atoms with Gasteiger partial charge in [0, 0.05) is 31.9 Å². The zero-order chi connectivity index (χ0) is 16.4. The van der Waals surface area contributed by atoms with Crippen molar-refractivity contribution in [2.24, 2.45) is 0 Å². The lowest BCUT2D eigenvalue weighted by atomic mass is 10.2. The first kappa shape index (κ1) is 17.0. The Morgan fingerprint density at radius 1 is 1.05 bits per heavy atom. The molecule has 1 N–H and O–H groups in total. The van der Waals surface area contributed by atoms with Crippen LogP contribution in [0.4, 0.5) is 11.4 Å². The zero-order valence-electron chi connectivity index (χ0n) is 12.4. The van der Waals surface area contributed by atoms with E-state index in [9.17, 15) is 16.8 Å². The van der Waals surface area contributed by atoms with Crippen LogP contribution in [-0.4, -0.2) is 55.5 Å². The van der Waals surface area contributed by atoms with Crippen molar-refractivity contribution in [3.63, 3.8) is 0 Å². The van der Waals surface area contributed by atoms with E-state index in [-0.39, 0.29) is 5.69 Å². The number of piperazine rings is 1. The van der Waals surface area contributed by atoms with Crippen molar-refractivity contribution in [2.45, 2.75) is 0 Å². The highest BCUT2D eigenvalue weighted by molar-refractivity contribution is 7.93. The minimum atomic E-state index is -3.96. The molecule has 1 aliphatic heterocycles. The van der Waals surface area contributed by atoms with Crippen LogP contribution in [0, 0.1) is 0 Å². The summed E-state index contributed by atoms with van der Waals surface area (Å²) in [4.78, 5) is 2.16. The monoisotopic (exact) mass is 349 g/mol. The minimum absolute atomic E-state index is 0.131. The molecule has 0 aromatic heterocycles. The van der Waals surface area contributed by atoms with Gasteiger partial charge < -0.3 is 10.2 Å². The number of nitrogens with one attached hydrogen (secondary N) is 1. The van der Waals surface area contributed by atoms with Crippen LogP contribution in [-0.2, 0) is 24.4 Å². The summed E-state index contributed by atoms with van der Waals surface area (Å²) in [5.41, 5.74) is 1.07. The topological polar surface area (TPSA) is 96.0 Å². The normalized spacial score (nSPS) is 16.5. The largest absolute Gasteiger partial charge is 0.369 e. The van der Waals surface area contributed by atoms with Gasteiger partial charge >= 0.3 is 0 Å². The van der Waals surface area contributed by atoms with Crippen LogP contribution in [0.3, 0.4) is 0 Å². The molecule has 8 nitrogen and oxygen atoms in total. The van der Waals surface area contributed by atoms with Gasteiger partial charge in [0.05, 0.1) is 18.2 Å². The summed E-state index contributed by atoms with van der Waals surface area (Å²) in [5.74, 6) is 0. The highest BCUT2D eigenvalue weighted by atomic mass is 32.2. The van der Waals surface area contributed by atoms with Gasteiger partial charge in [0.15, 0.2) is 0 Å². The van der Waals surface area contributed by atoms with Crippen molar-refractivity contribution < 1.29 is 21.1 Å². The first-order valence-electron chi connectivity index (χ1n) is 6.62. The Morgan fingerprint density at radius 3 is 2.05 bits per heavy atom. The number of hydrogen-bond acceptors (Lipinski definition) is 7. The molecule has 22 heavy (non-hydrogen) atoms. The van der Waals surface area contributed by atoms with Crippen molar-refractivity contribution in [3.05, 3.63) is 24.3 Å². The number of hydrogen-bond donors (Lipinski definition) is 1. The van der Waals surface area contributed by atoms with E-state index in [0.29, 0.717) is 4.47 Å². The molecular weight excluding hydrogens is 330 g/mol. The maximum atomic E-state index is 11.7. The third kappa shape index (κ3) is 4.57. The van der Waals surface area contributed by atoms with Crippen molar-refractivity contribution in [1.82, 2.24) is 5.32 Å². The standard InChI is InChI=1S/C12H19N3O5S2/c1-21(16,17)15(20-22(2,18)19)12-5-3-11(4-6-12)14-9-7-13-8-10-14/h3-6,13H,7-10H2,1-2H3. The second-order valence-electron chi connectivity index (χ2n) is 5.02. The van der Waals surface area contributed by atoms with Gasteiger partial charge in [-0.1, -0.05) is 0 Å². The fourth-order valence-corrected chi connectivity index (χ4v) is 3.73. The van der Waals surface area contributed by atoms with Crippen LogP contribution >= 0.6 is 0 Å². The molecule has 10 heteroatoms. The van der Waals surface area contributed by atoms with Gasteiger partial charge in [0.25, 0.3) is 20.1 Å². The quantitative estimate of drug-likeness (QED) is 0.733. The molecule has 0 radical (unpaired) electrons. The molecule has 1 aromatic carbocycles. The van der Waals surface area contributed by atoms with Gasteiger partial charge in [-0.3, -0.25) is 0 Å². The second kappa shape index (κ2) is 6.41. The smallest absolute Gasteiger partial charge is 0.286 e. The molecule has 2 rings (SSSR count). The van der Waals surface area contributed by atoms with E-state index < -0.39 is 20.1 Å². The molecule has 1 saturated heterocycles. The van der Waals surface area contributed by atoms with Crippen molar-refractivity contribution in [3.8, 4) is 0 Å². The highest BCUT2D eigenvalue weighted by Gasteiger charge is 2.23. The number of benzene rings is 1. The molecule has 1 aromatic rings. The van der Waals surface area contributed by atoms with Crippen LogP contribution in [0.1, 0.15) is 0 Å². The van der Waals surface area contributed by atoms with Gasteiger partial charge in [-0.25, -0.2) is 8.42 Å². The molecule has 0 atom stereocenters. The second-order valence-corrected chi connectivity index (χ2v) is 8.38. The summed E-state index contributed by atoms with van der Waals surface area (Å²) < 4.78 is 50.9. The number of sulfonamides is 1. The predicted molar refractivity (Wildman–Crippen MR) is 84.8 cm³/mol. The summed E-state index contributed by atoms with van der Waals surface area (Å²) in [5, 5.41) is 3.24. The third-order valence-electron chi connectivity index (χ3n) is 3.05. The number of anilines is 2. The Hall–Kier alpha value is -1.36. The number of rotatable bonds is 5. The molecule has 0 aliphatic carbocycles. The SMILES string of the molecule is CS(=O)(=O)ON(c1ccc(N2CCNCC2)cc1)S(C)(=O)=O. The average Bonchev–Trinajstić information content (AvgIpc) is 2.44. The summed E-state index contributed by atoms with van der Waals surface area (Å²) in [6, 6.07) is 6.52. The lowest BCUT2D eigenvalue weighted by Gasteiger charge is -2.29. The molecule has 0 spiro atoms. The van der Waals surface area contributed by atoms with Crippen LogP contribution < -0.4 is 14.7 Å². The van der Waals surface area contributed by atoms with E-state index in [1.807, 2.05) is 0 Å². The molecule has 0 unspecified atom stereocenters. The summed E-state index contributed by atoms with van der Waals surface area (Å²) in [7, 11) is -7.84. The Balaban J connectivity index is 2.25. The van der Waals surface area contributed by atoms with Gasteiger partial charge in [-0.05, 0) is 24.3 Å². The minimum Gasteiger partial charge on any atom is -0.369 e. The Kier molecular flexibility index (Phi) is 4.95. The van der Waals surface area contributed by atoms with E-state index in [0.717, 1.165) is 44.4 Å². The molecule has 0 amide bonds. The molecule has 0 bridgehead atoms. The van der Waals surface area contributed by atoms with Gasteiger partial charge in [-0.15, -0.1) is 8.75 Å². The van der Waals surface area contributed by atoms with Crippen LogP contribution in [0.25, 0.3) is 0 Å². The van der Waals surface area contributed by atoms with Gasteiger partial charge in [0.2, 0.25) is 0 Å². The van der Waals surface area contributed by atoms with Crippen LogP contribution in [0.15, 0.2) is 24.3 Å². The number of nitrogens with zero attached hydrogens (tertiary/aromatic N) is 2. The first-order chi connectivity index (χ1) is 10.2. The van der Waals surface area contributed by atoms with Gasteiger partial charge in [-0.2, -0.15) is 8.42 Å². The van der Waals surface area contributed by atoms with E-state index >= 15 is 0 Å². The van der Waals surface area contributed by atoms with Crippen molar-refractivity contribution in [1.29, 1.82) is 0 Å². The van der Waals surface area contributed by atoms with E-state index in [4.69, 9.17) is 0 Å². The molecular formula is C12H19N3O5S2. The van der Waals surface area contributed by atoms with E-state index in [2.05, 4.69) is 14.5 Å². The maximum Gasteiger partial charge on any atom is 0.286 e. The molecule has 124 valence electrons. The Morgan fingerprint density at radius 2 is 1.59 bits per heavy atom. The lowest BCUT2D eigenvalue weighted by molar-refractivity contribution is 0.340. The van der Waals surface area contributed by atoms with Gasteiger partial charge in [0.1, 0.15) is 0 Å². The molecule has 0 saturated carbocycles. The van der Waals surface area contributed by atoms with Crippen molar-refractivity contribution in [2.75, 3.05) is 48.1 Å². The first-order valence-corrected chi connectivity index (χ1v) is 10.3. The maximum absolute atomic E-state index is 11.7. The van der Waals surface area contributed by atoms with Crippen LogP contribution in [0.2, 0.25) is 0 Å². The fraction of sp³-hybridized carbons (Fsp3) is 0.500. The summed E-state index contributed by atoms with van der Waals surface area (Å²) in [6.45, 7) is 3.48. The van der Waals surface area contributed by atoms with E-state index in [1.165, 1.54) is 12.1 Å². The summed E-state index contributed by atoms with van der Waals surface area (Å²) in [6.07, 6.45) is 1.67. The Labute approximate surface area is 130 Å². The molecule has 1 aliphatic rings. The van der Waals surface area contributed by atoms with E-state index in [1.54, 1.807) is 12.1 Å².